The summed E-state index contributed by atoms with van der Waals surface area (Å²) in [6.45, 7) is 0. The fraction of sp³-hybridized carbons (Fsp3) is 0.227. The van der Waals surface area contributed by atoms with E-state index in [-0.39, 0.29) is 5.91 Å². The van der Waals surface area contributed by atoms with Crippen molar-refractivity contribution in [1.29, 1.82) is 0 Å². The van der Waals surface area contributed by atoms with Gasteiger partial charge in [0, 0.05) is 27.0 Å². The molecule has 0 spiro atoms. The third-order valence-corrected chi connectivity index (χ3v) is 7.44. The van der Waals surface area contributed by atoms with Crippen LogP contribution >= 0.6 is 34.3 Å². The molecule has 0 aliphatic heterocycles. The lowest BCUT2D eigenvalue weighted by Gasteiger charge is -2.04. The van der Waals surface area contributed by atoms with E-state index in [0.29, 0.717) is 20.7 Å². The molecule has 0 fully saturated rings. The van der Waals surface area contributed by atoms with Gasteiger partial charge in [0.15, 0.2) is 5.13 Å². The molecule has 30 heavy (non-hydrogen) atoms. The Morgan fingerprint density at radius 3 is 2.73 bits per heavy atom. The highest BCUT2D eigenvalue weighted by molar-refractivity contribution is 7.21. The molecule has 0 saturated carbocycles. The second kappa shape index (κ2) is 7.98. The highest BCUT2D eigenvalue weighted by Crippen LogP contribution is 2.36. The third-order valence-electron chi connectivity index (χ3n) is 5.32. The molecular formula is C22H19ClN4OS2. The maximum Gasteiger partial charge on any atom is 0.269 e. The molecule has 1 aliphatic carbocycles. The van der Waals surface area contributed by atoms with E-state index < -0.39 is 0 Å². The Bertz CT molecular complexity index is 1250. The number of hydrogen-bond donors (Lipinski definition) is 2. The zero-order valence-electron chi connectivity index (χ0n) is 16.1. The molecule has 3 aromatic heterocycles. The van der Waals surface area contributed by atoms with Crippen LogP contribution in [-0.4, -0.2) is 15.9 Å². The number of thiophene rings is 1. The fourth-order valence-corrected chi connectivity index (χ4v) is 5.58. The summed E-state index contributed by atoms with van der Waals surface area (Å²) in [5, 5.41) is 6.88. The first kappa shape index (κ1) is 19.5. The van der Waals surface area contributed by atoms with Gasteiger partial charge in [0.25, 0.3) is 5.91 Å². The Hall–Kier alpha value is -2.48. The van der Waals surface area contributed by atoms with E-state index in [2.05, 4.69) is 16.4 Å². The van der Waals surface area contributed by atoms with Crippen LogP contribution in [0.15, 0.2) is 35.7 Å². The molecule has 5 rings (SSSR count). The fourth-order valence-electron chi connectivity index (χ4n) is 3.74. The average molecular weight is 455 g/mol. The van der Waals surface area contributed by atoms with Gasteiger partial charge in [0.1, 0.15) is 9.71 Å². The molecule has 0 atom stereocenters. The topological polar surface area (TPSA) is 80.9 Å². The minimum atomic E-state index is -0.247. The minimum absolute atomic E-state index is 0.247. The summed E-state index contributed by atoms with van der Waals surface area (Å²) in [4.78, 5) is 23.6. The Kier molecular flexibility index (Phi) is 5.18. The number of amides is 1. The van der Waals surface area contributed by atoms with Crippen molar-refractivity contribution < 1.29 is 4.79 Å². The van der Waals surface area contributed by atoms with Crippen LogP contribution in [0.2, 0.25) is 5.02 Å². The van der Waals surface area contributed by atoms with E-state index in [9.17, 15) is 4.79 Å². The van der Waals surface area contributed by atoms with Crippen LogP contribution in [0.3, 0.4) is 0 Å². The van der Waals surface area contributed by atoms with Crippen LogP contribution in [0.1, 0.15) is 40.2 Å². The maximum absolute atomic E-state index is 12.9. The average Bonchev–Trinajstić information content (AvgIpc) is 3.24. The van der Waals surface area contributed by atoms with Gasteiger partial charge < -0.3 is 5.73 Å². The Labute approximate surface area is 186 Å². The number of nitrogens with two attached hydrogens (primary N) is 1. The van der Waals surface area contributed by atoms with Crippen molar-refractivity contribution in [3.8, 4) is 11.3 Å². The number of anilines is 2. The first-order valence-corrected chi connectivity index (χ1v) is 11.9. The lowest BCUT2D eigenvalue weighted by molar-refractivity contribution is 0.103. The second-order valence-corrected chi connectivity index (χ2v) is 9.64. The highest BCUT2D eigenvalue weighted by Gasteiger charge is 2.21. The predicted molar refractivity (Wildman–Crippen MR) is 126 cm³/mol. The second-order valence-electron chi connectivity index (χ2n) is 7.35. The first-order valence-electron chi connectivity index (χ1n) is 9.82. The number of carbonyl (C=O) groups is 1. The molecule has 1 aliphatic rings. The zero-order valence-corrected chi connectivity index (χ0v) is 18.5. The van der Waals surface area contributed by atoms with Crippen molar-refractivity contribution in [2.24, 2.45) is 0 Å². The highest BCUT2D eigenvalue weighted by atomic mass is 35.5. The summed E-state index contributed by atoms with van der Waals surface area (Å²) in [6, 6.07) is 9.58. The number of rotatable bonds is 3. The summed E-state index contributed by atoms with van der Waals surface area (Å²) in [7, 11) is 0. The van der Waals surface area contributed by atoms with Crippen molar-refractivity contribution in [3.05, 3.63) is 56.9 Å². The largest absolute Gasteiger partial charge is 0.397 e. The quantitative estimate of drug-likeness (QED) is 0.362. The van der Waals surface area contributed by atoms with Gasteiger partial charge in [-0.25, -0.2) is 9.97 Å². The zero-order chi connectivity index (χ0) is 20.7. The number of halogens is 1. The van der Waals surface area contributed by atoms with E-state index in [1.165, 1.54) is 47.5 Å². The number of carbonyl (C=O) groups excluding carboxylic acids is 1. The molecule has 1 aromatic carbocycles. The number of nitrogen functional groups attached to an aromatic ring is 1. The molecule has 8 heteroatoms. The van der Waals surface area contributed by atoms with Crippen molar-refractivity contribution >= 4 is 61.2 Å². The number of aryl methyl sites for hydroxylation is 2. The third kappa shape index (κ3) is 3.69. The van der Waals surface area contributed by atoms with Crippen molar-refractivity contribution in [3.63, 3.8) is 0 Å². The summed E-state index contributed by atoms with van der Waals surface area (Å²) < 4.78 is 0. The molecular weight excluding hydrogens is 436 g/mol. The molecule has 3 N–H and O–H groups in total. The predicted octanol–water partition coefficient (Wildman–Crippen LogP) is 6.18. The van der Waals surface area contributed by atoms with Crippen LogP contribution in [0.25, 0.3) is 21.5 Å². The molecule has 3 heterocycles. The summed E-state index contributed by atoms with van der Waals surface area (Å²) >= 11 is 8.68. The Balaban J connectivity index is 1.41. The van der Waals surface area contributed by atoms with Gasteiger partial charge in [0.2, 0.25) is 0 Å². The van der Waals surface area contributed by atoms with E-state index in [1.807, 2.05) is 29.6 Å². The molecule has 0 radical (unpaired) electrons. The van der Waals surface area contributed by atoms with Gasteiger partial charge >= 0.3 is 0 Å². The molecule has 1 amide bonds. The van der Waals surface area contributed by atoms with Gasteiger partial charge in [-0.05, 0) is 49.4 Å². The summed E-state index contributed by atoms with van der Waals surface area (Å²) in [5.74, 6) is -0.247. The molecule has 0 saturated heterocycles. The van der Waals surface area contributed by atoms with E-state index in [4.69, 9.17) is 22.3 Å². The van der Waals surface area contributed by atoms with Crippen molar-refractivity contribution in [2.45, 2.75) is 32.1 Å². The number of benzene rings is 1. The monoisotopic (exact) mass is 454 g/mol. The molecule has 0 bridgehead atoms. The lowest BCUT2D eigenvalue weighted by Crippen LogP contribution is -2.11. The Morgan fingerprint density at radius 1 is 1.10 bits per heavy atom. The molecule has 152 valence electrons. The smallest absolute Gasteiger partial charge is 0.269 e. The standard InChI is InChI=1S/C22H19ClN4OS2/c23-14-8-6-12(7-9-14)17-11-29-22(26-17)27-20(28)19-18(24)15-10-13-4-2-1-3-5-16(13)25-21(15)30-19/h6-11H,1-5,24H2,(H,26,27,28). The van der Waals surface area contributed by atoms with Gasteiger partial charge in [-0.15, -0.1) is 22.7 Å². The SMILES string of the molecule is Nc1c(C(=O)Nc2nc(-c3ccc(Cl)cc3)cs2)sc2nc3c(cc12)CCCCC3. The van der Waals surface area contributed by atoms with Crippen LogP contribution in [0.4, 0.5) is 10.8 Å². The van der Waals surface area contributed by atoms with Gasteiger partial charge in [-0.1, -0.05) is 30.2 Å². The normalized spacial score (nSPS) is 13.8. The summed E-state index contributed by atoms with van der Waals surface area (Å²) in [6.07, 6.45) is 5.61. The number of fused-ring (bicyclic) bond motifs is 2. The van der Waals surface area contributed by atoms with Crippen LogP contribution in [-0.2, 0) is 12.8 Å². The van der Waals surface area contributed by atoms with Crippen molar-refractivity contribution in [2.75, 3.05) is 11.1 Å². The van der Waals surface area contributed by atoms with Gasteiger partial charge in [-0.2, -0.15) is 0 Å². The number of thiazole rings is 1. The number of nitrogens with zero attached hydrogens (tertiary/aromatic N) is 2. The van der Waals surface area contributed by atoms with Crippen LogP contribution in [0, 0.1) is 0 Å². The minimum Gasteiger partial charge on any atom is -0.397 e. The number of nitrogens with one attached hydrogen (secondary N) is 1. The van der Waals surface area contributed by atoms with Gasteiger partial charge in [0.05, 0.1) is 11.4 Å². The molecule has 4 aromatic rings. The van der Waals surface area contributed by atoms with Gasteiger partial charge in [-0.3, -0.25) is 10.1 Å². The summed E-state index contributed by atoms with van der Waals surface area (Å²) in [5.41, 5.74) is 11.0. The number of pyridine rings is 1. The number of aromatic nitrogens is 2. The van der Waals surface area contributed by atoms with E-state index in [1.54, 1.807) is 0 Å². The first-order chi connectivity index (χ1) is 14.6. The maximum atomic E-state index is 12.9. The molecule has 0 unspecified atom stereocenters. The van der Waals surface area contributed by atoms with Crippen LogP contribution in [0.5, 0.6) is 0 Å². The number of hydrogen-bond acceptors (Lipinski definition) is 6. The lowest BCUT2D eigenvalue weighted by atomic mass is 10.1. The molecule has 5 nitrogen and oxygen atoms in total. The van der Waals surface area contributed by atoms with E-state index in [0.717, 1.165) is 40.0 Å². The van der Waals surface area contributed by atoms with E-state index >= 15 is 0 Å². The van der Waals surface area contributed by atoms with Crippen molar-refractivity contribution in [1.82, 2.24) is 9.97 Å². The van der Waals surface area contributed by atoms with Crippen LogP contribution < -0.4 is 11.1 Å². The Morgan fingerprint density at radius 2 is 1.90 bits per heavy atom.